The molecule has 0 unspecified atom stereocenters. The lowest BCUT2D eigenvalue weighted by Gasteiger charge is -2.05. The van der Waals surface area contributed by atoms with Crippen LogP contribution in [-0.4, -0.2) is 31.7 Å². The van der Waals surface area contributed by atoms with Crippen molar-refractivity contribution in [2.75, 3.05) is 11.8 Å². The summed E-state index contributed by atoms with van der Waals surface area (Å²) in [5.74, 6) is -0.740. The standard InChI is InChI=1S/C17H14ClN3O4S2/c1-25-16(22)13-4-2-11(3-5-13)10-27(23,24)21-17-20-19-15(26-17)12-6-8-14(18)9-7-12/h2-9H,10H2,1H3,(H,20,21). The van der Waals surface area contributed by atoms with Gasteiger partial charge in [-0.2, -0.15) is 0 Å². The number of esters is 1. The summed E-state index contributed by atoms with van der Waals surface area (Å²) < 4.78 is 31.7. The molecule has 7 nitrogen and oxygen atoms in total. The smallest absolute Gasteiger partial charge is 0.337 e. The number of nitrogens with one attached hydrogen (secondary N) is 1. The Morgan fingerprint density at radius 1 is 1.11 bits per heavy atom. The van der Waals surface area contributed by atoms with Gasteiger partial charge in [0.05, 0.1) is 18.4 Å². The number of hydrogen-bond acceptors (Lipinski definition) is 7. The first kappa shape index (κ1) is 19.3. The van der Waals surface area contributed by atoms with Crippen molar-refractivity contribution >= 4 is 44.1 Å². The van der Waals surface area contributed by atoms with Gasteiger partial charge in [-0.3, -0.25) is 4.72 Å². The highest BCUT2D eigenvalue weighted by atomic mass is 35.5. The summed E-state index contributed by atoms with van der Waals surface area (Å²) in [6, 6.07) is 13.2. The average Bonchev–Trinajstić information content (AvgIpc) is 3.09. The number of aromatic nitrogens is 2. The maximum atomic E-state index is 12.4. The molecule has 0 bridgehead atoms. The predicted molar refractivity (Wildman–Crippen MR) is 104 cm³/mol. The van der Waals surface area contributed by atoms with Crippen LogP contribution >= 0.6 is 22.9 Å². The molecule has 0 aliphatic rings. The minimum absolute atomic E-state index is 0.172. The molecule has 0 saturated carbocycles. The van der Waals surface area contributed by atoms with Gasteiger partial charge in [0, 0.05) is 10.6 Å². The molecular formula is C17H14ClN3O4S2. The Bertz CT molecular complexity index is 1050. The van der Waals surface area contributed by atoms with E-state index in [1.165, 1.54) is 19.2 Å². The molecule has 3 aromatic rings. The molecule has 10 heteroatoms. The lowest BCUT2D eigenvalue weighted by atomic mass is 10.1. The number of nitrogens with zero attached hydrogens (tertiary/aromatic N) is 2. The number of sulfonamides is 1. The quantitative estimate of drug-likeness (QED) is 0.608. The van der Waals surface area contributed by atoms with Gasteiger partial charge in [0.25, 0.3) is 0 Å². The third kappa shape index (κ3) is 5.03. The maximum Gasteiger partial charge on any atom is 0.337 e. The summed E-state index contributed by atoms with van der Waals surface area (Å²) in [7, 11) is -2.40. The van der Waals surface area contributed by atoms with E-state index < -0.39 is 16.0 Å². The van der Waals surface area contributed by atoms with Crippen LogP contribution in [0, 0.1) is 0 Å². The summed E-state index contributed by atoms with van der Waals surface area (Å²) in [6.07, 6.45) is 0. The van der Waals surface area contributed by atoms with E-state index >= 15 is 0 Å². The van der Waals surface area contributed by atoms with Crippen molar-refractivity contribution in [2.24, 2.45) is 0 Å². The second-order valence-electron chi connectivity index (χ2n) is 5.47. The summed E-state index contributed by atoms with van der Waals surface area (Å²) in [4.78, 5) is 11.4. The van der Waals surface area contributed by atoms with E-state index in [9.17, 15) is 13.2 Å². The van der Waals surface area contributed by atoms with E-state index in [0.717, 1.165) is 16.9 Å². The zero-order valence-corrected chi connectivity index (χ0v) is 16.4. The van der Waals surface area contributed by atoms with Crippen LogP contribution in [-0.2, 0) is 20.5 Å². The zero-order valence-electron chi connectivity index (χ0n) is 14.0. The highest BCUT2D eigenvalue weighted by Crippen LogP contribution is 2.28. The van der Waals surface area contributed by atoms with Crippen LogP contribution in [0.15, 0.2) is 48.5 Å². The number of rotatable bonds is 6. The van der Waals surface area contributed by atoms with Crippen molar-refractivity contribution in [3.63, 3.8) is 0 Å². The normalized spacial score (nSPS) is 11.2. The molecule has 0 radical (unpaired) electrons. The Kier molecular flexibility index (Phi) is 5.73. The second-order valence-corrected chi connectivity index (χ2v) is 8.61. The van der Waals surface area contributed by atoms with E-state index in [2.05, 4.69) is 19.7 Å². The summed E-state index contributed by atoms with van der Waals surface area (Å²) in [5, 5.41) is 9.22. The lowest BCUT2D eigenvalue weighted by molar-refractivity contribution is 0.0600. The first-order valence-corrected chi connectivity index (χ1v) is 10.5. The average molecular weight is 424 g/mol. The number of carbonyl (C=O) groups excluding carboxylic acids is 1. The molecule has 0 atom stereocenters. The Hall–Kier alpha value is -2.49. The van der Waals surface area contributed by atoms with Crippen LogP contribution in [0.2, 0.25) is 5.02 Å². The first-order chi connectivity index (χ1) is 12.9. The molecule has 2 aromatic carbocycles. The first-order valence-electron chi connectivity index (χ1n) is 7.63. The maximum absolute atomic E-state index is 12.4. The molecule has 1 aromatic heterocycles. The van der Waals surface area contributed by atoms with E-state index in [4.69, 9.17) is 11.6 Å². The highest BCUT2D eigenvalue weighted by Gasteiger charge is 2.16. The number of hydrogen-bond donors (Lipinski definition) is 1. The number of benzene rings is 2. The Balaban J connectivity index is 1.69. The summed E-state index contributed by atoms with van der Waals surface area (Å²) in [5.41, 5.74) is 1.67. The minimum Gasteiger partial charge on any atom is -0.465 e. The van der Waals surface area contributed by atoms with Crippen molar-refractivity contribution < 1.29 is 17.9 Å². The van der Waals surface area contributed by atoms with Crippen molar-refractivity contribution in [1.82, 2.24) is 10.2 Å². The molecule has 0 amide bonds. The van der Waals surface area contributed by atoms with Gasteiger partial charge in [-0.25, -0.2) is 13.2 Å². The topological polar surface area (TPSA) is 98.2 Å². The lowest BCUT2D eigenvalue weighted by Crippen LogP contribution is -2.15. The van der Waals surface area contributed by atoms with Crippen LogP contribution in [0.4, 0.5) is 5.13 Å². The van der Waals surface area contributed by atoms with Gasteiger partial charge < -0.3 is 4.74 Å². The Labute approximate surface area is 165 Å². The number of carbonyl (C=O) groups is 1. The number of ether oxygens (including phenoxy) is 1. The van der Waals surface area contributed by atoms with Gasteiger partial charge in [0.1, 0.15) is 5.01 Å². The van der Waals surface area contributed by atoms with E-state index in [-0.39, 0.29) is 10.9 Å². The van der Waals surface area contributed by atoms with Crippen molar-refractivity contribution in [2.45, 2.75) is 5.75 Å². The molecule has 0 fully saturated rings. The molecule has 3 rings (SSSR count). The van der Waals surface area contributed by atoms with Crippen LogP contribution in [0.3, 0.4) is 0 Å². The molecule has 0 saturated heterocycles. The molecule has 0 aliphatic heterocycles. The van der Waals surface area contributed by atoms with Crippen molar-refractivity contribution in [1.29, 1.82) is 0 Å². The monoisotopic (exact) mass is 423 g/mol. The Morgan fingerprint density at radius 2 is 1.78 bits per heavy atom. The van der Waals surface area contributed by atoms with Crippen LogP contribution in [0.25, 0.3) is 10.6 Å². The fourth-order valence-electron chi connectivity index (χ4n) is 2.22. The third-order valence-electron chi connectivity index (χ3n) is 3.49. The predicted octanol–water partition coefficient (Wildman–Crippen LogP) is 3.59. The summed E-state index contributed by atoms with van der Waals surface area (Å²) >= 11 is 6.98. The largest absolute Gasteiger partial charge is 0.465 e. The molecule has 0 spiro atoms. The van der Waals surface area contributed by atoms with E-state index in [0.29, 0.717) is 21.2 Å². The molecule has 1 heterocycles. The zero-order chi connectivity index (χ0) is 19.4. The molecule has 27 heavy (non-hydrogen) atoms. The second kappa shape index (κ2) is 8.03. The molecular weight excluding hydrogens is 410 g/mol. The number of methoxy groups -OCH3 is 1. The molecule has 1 N–H and O–H groups in total. The van der Waals surface area contributed by atoms with E-state index in [1.54, 1.807) is 36.4 Å². The van der Waals surface area contributed by atoms with Gasteiger partial charge in [-0.15, -0.1) is 10.2 Å². The number of anilines is 1. The van der Waals surface area contributed by atoms with Gasteiger partial charge in [-0.1, -0.05) is 47.2 Å². The fourth-order valence-corrected chi connectivity index (χ4v) is 4.50. The fraction of sp³-hybridized carbons (Fsp3) is 0.118. The number of halogens is 1. The van der Waals surface area contributed by atoms with Gasteiger partial charge in [0.2, 0.25) is 15.2 Å². The third-order valence-corrected chi connectivity index (χ3v) is 5.98. The van der Waals surface area contributed by atoms with Gasteiger partial charge in [-0.05, 0) is 29.8 Å². The van der Waals surface area contributed by atoms with Crippen molar-refractivity contribution in [3.05, 3.63) is 64.7 Å². The van der Waals surface area contributed by atoms with Crippen LogP contribution in [0.1, 0.15) is 15.9 Å². The summed E-state index contributed by atoms with van der Waals surface area (Å²) in [6.45, 7) is 0. The molecule has 140 valence electrons. The van der Waals surface area contributed by atoms with Crippen LogP contribution in [0.5, 0.6) is 0 Å². The molecule has 0 aliphatic carbocycles. The minimum atomic E-state index is -3.68. The van der Waals surface area contributed by atoms with Crippen LogP contribution < -0.4 is 4.72 Å². The Morgan fingerprint density at radius 3 is 2.41 bits per heavy atom. The van der Waals surface area contributed by atoms with Gasteiger partial charge >= 0.3 is 5.97 Å². The highest BCUT2D eigenvalue weighted by molar-refractivity contribution is 7.92. The van der Waals surface area contributed by atoms with E-state index in [1.807, 2.05) is 0 Å². The van der Waals surface area contributed by atoms with Gasteiger partial charge in [0.15, 0.2) is 0 Å². The van der Waals surface area contributed by atoms with Crippen molar-refractivity contribution in [3.8, 4) is 10.6 Å². The SMILES string of the molecule is COC(=O)c1ccc(CS(=O)(=O)Nc2nnc(-c3ccc(Cl)cc3)s2)cc1.